The molecule has 0 aromatic carbocycles. The Balaban J connectivity index is 2.20. The molecule has 11 heavy (non-hydrogen) atoms. The number of likely N-dealkylation sites (tertiary alicyclic amines) is 1. The second-order valence-corrected chi connectivity index (χ2v) is 3.12. The monoisotopic (exact) mass is 158 g/mol. The van der Waals surface area contributed by atoms with Crippen LogP contribution in [-0.4, -0.2) is 36.0 Å². The van der Waals surface area contributed by atoms with E-state index in [0.717, 1.165) is 13.0 Å². The van der Waals surface area contributed by atoms with E-state index < -0.39 is 0 Å². The number of nitrogens with zero attached hydrogens (tertiary/aromatic N) is 2. The minimum absolute atomic E-state index is 0.120. The molecule has 4 nitrogen and oxygen atoms in total. The summed E-state index contributed by atoms with van der Waals surface area (Å²) in [5, 5.41) is 10.0. The molecule has 0 amide bonds. The zero-order chi connectivity index (χ0) is 8.27. The quantitative estimate of drug-likeness (QED) is 0.449. The molecule has 0 radical (unpaired) electrons. The average Bonchev–Trinajstić information content (AvgIpc) is 2.31. The van der Waals surface area contributed by atoms with E-state index in [1.165, 1.54) is 6.42 Å². The highest BCUT2D eigenvalue weighted by atomic mass is 16.6. The molecule has 64 valence electrons. The Morgan fingerprint density at radius 1 is 1.73 bits per heavy atom. The van der Waals surface area contributed by atoms with Crippen molar-refractivity contribution in [3.8, 4) is 0 Å². The maximum atomic E-state index is 10.0. The first kappa shape index (κ1) is 8.46. The van der Waals surface area contributed by atoms with Gasteiger partial charge in [-0.15, -0.1) is 0 Å². The van der Waals surface area contributed by atoms with Crippen LogP contribution >= 0.6 is 0 Å². The van der Waals surface area contributed by atoms with Crippen molar-refractivity contribution >= 4 is 0 Å². The van der Waals surface area contributed by atoms with Crippen LogP contribution in [0.25, 0.3) is 0 Å². The minimum atomic E-state index is -0.230. The zero-order valence-corrected chi connectivity index (χ0v) is 6.82. The molecule has 0 bridgehead atoms. The van der Waals surface area contributed by atoms with Crippen LogP contribution < -0.4 is 0 Å². The van der Waals surface area contributed by atoms with E-state index in [-0.39, 0.29) is 11.5 Å². The summed E-state index contributed by atoms with van der Waals surface area (Å²) in [5.74, 6) is 0. The molecule has 1 rings (SSSR count). The first-order valence-corrected chi connectivity index (χ1v) is 4.02. The van der Waals surface area contributed by atoms with E-state index in [1.807, 2.05) is 7.05 Å². The van der Waals surface area contributed by atoms with Gasteiger partial charge in [0, 0.05) is 17.4 Å². The first-order chi connectivity index (χ1) is 5.20. The van der Waals surface area contributed by atoms with Crippen molar-refractivity contribution in [3.63, 3.8) is 0 Å². The van der Waals surface area contributed by atoms with Gasteiger partial charge in [-0.25, -0.2) is 0 Å². The highest BCUT2D eigenvalue weighted by Crippen LogP contribution is 2.17. The number of rotatable bonds is 3. The van der Waals surface area contributed by atoms with Crippen molar-refractivity contribution in [2.75, 3.05) is 20.1 Å². The molecule has 1 saturated heterocycles. The summed E-state index contributed by atoms with van der Waals surface area (Å²) in [6, 6.07) is 0.459. The topological polar surface area (TPSA) is 46.4 Å². The fourth-order valence-electron chi connectivity index (χ4n) is 1.60. The van der Waals surface area contributed by atoms with Gasteiger partial charge in [-0.05, 0) is 26.4 Å². The third-order valence-corrected chi connectivity index (χ3v) is 2.32. The van der Waals surface area contributed by atoms with Crippen LogP contribution in [0.3, 0.4) is 0 Å². The number of nitro groups is 1. The normalized spacial score (nSPS) is 25.7. The lowest BCUT2D eigenvalue weighted by Crippen LogP contribution is -2.26. The Kier molecular flexibility index (Phi) is 2.82. The highest BCUT2D eigenvalue weighted by molar-refractivity contribution is 4.75. The molecule has 0 aromatic rings. The minimum Gasteiger partial charge on any atom is -0.303 e. The van der Waals surface area contributed by atoms with Crippen molar-refractivity contribution in [2.45, 2.75) is 25.3 Å². The standard InChI is InChI=1S/C7H14N2O2/c1-8-5-2-3-7(8)4-6-9(10)11/h7H,2-6H2,1H3. The largest absolute Gasteiger partial charge is 0.303 e. The van der Waals surface area contributed by atoms with E-state index >= 15 is 0 Å². The summed E-state index contributed by atoms with van der Waals surface area (Å²) in [6.45, 7) is 1.22. The lowest BCUT2D eigenvalue weighted by molar-refractivity contribution is -0.481. The molecule has 0 saturated carbocycles. The van der Waals surface area contributed by atoms with Gasteiger partial charge in [0.25, 0.3) is 0 Å². The first-order valence-electron chi connectivity index (χ1n) is 4.02. The van der Waals surface area contributed by atoms with Crippen LogP contribution in [0.5, 0.6) is 0 Å². The van der Waals surface area contributed by atoms with E-state index in [1.54, 1.807) is 0 Å². The fourth-order valence-corrected chi connectivity index (χ4v) is 1.60. The molecule has 4 heteroatoms. The van der Waals surface area contributed by atoms with Gasteiger partial charge >= 0.3 is 0 Å². The Morgan fingerprint density at radius 2 is 2.45 bits per heavy atom. The summed E-state index contributed by atoms with van der Waals surface area (Å²) in [7, 11) is 2.04. The Morgan fingerprint density at radius 3 is 2.91 bits per heavy atom. The van der Waals surface area contributed by atoms with Crippen LogP contribution in [0.4, 0.5) is 0 Å². The Labute approximate surface area is 66.3 Å². The SMILES string of the molecule is CN1CCCC1CC[N+](=O)[O-]. The zero-order valence-electron chi connectivity index (χ0n) is 6.82. The number of hydrogen-bond donors (Lipinski definition) is 0. The molecule has 1 heterocycles. The van der Waals surface area contributed by atoms with Crippen LogP contribution in [0.1, 0.15) is 19.3 Å². The predicted octanol–water partition coefficient (Wildman–Crippen LogP) is 0.747. The molecule has 1 atom stereocenters. The lowest BCUT2D eigenvalue weighted by Gasteiger charge is -2.16. The fraction of sp³-hybridized carbons (Fsp3) is 1.00. The summed E-state index contributed by atoms with van der Waals surface area (Å²) in [6.07, 6.45) is 3.03. The van der Waals surface area contributed by atoms with E-state index in [2.05, 4.69) is 4.90 Å². The van der Waals surface area contributed by atoms with Gasteiger partial charge < -0.3 is 4.90 Å². The van der Waals surface area contributed by atoms with Crippen LogP contribution in [0, 0.1) is 10.1 Å². The van der Waals surface area contributed by atoms with Gasteiger partial charge in [0.1, 0.15) is 0 Å². The van der Waals surface area contributed by atoms with Crippen LogP contribution in [0.2, 0.25) is 0 Å². The van der Waals surface area contributed by atoms with Crippen molar-refractivity contribution < 1.29 is 4.92 Å². The molecular formula is C7H14N2O2. The lowest BCUT2D eigenvalue weighted by atomic mass is 10.1. The Hall–Kier alpha value is -0.640. The van der Waals surface area contributed by atoms with Crippen molar-refractivity contribution in [1.82, 2.24) is 4.90 Å². The van der Waals surface area contributed by atoms with Crippen molar-refractivity contribution in [1.29, 1.82) is 0 Å². The van der Waals surface area contributed by atoms with E-state index in [0.29, 0.717) is 12.5 Å². The predicted molar refractivity (Wildman–Crippen MR) is 42.1 cm³/mol. The second-order valence-electron chi connectivity index (χ2n) is 3.12. The van der Waals surface area contributed by atoms with Crippen molar-refractivity contribution in [3.05, 3.63) is 10.1 Å². The van der Waals surface area contributed by atoms with Gasteiger partial charge in [0.2, 0.25) is 6.54 Å². The van der Waals surface area contributed by atoms with E-state index in [4.69, 9.17) is 0 Å². The highest BCUT2D eigenvalue weighted by Gasteiger charge is 2.21. The third kappa shape index (κ3) is 2.46. The summed E-state index contributed by atoms with van der Waals surface area (Å²) >= 11 is 0. The van der Waals surface area contributed by atoms with Gasteiger partial charge in [-0.2, -0.15) is 0 Å². The molecule has 0 aliphatic carbocycles. The van der Waals surface area contributed by atoms with Gasteiger partial charge in [0.05, 0.1) is 0 Å². The van der Waals surface area contributed by atoms with E-state index in [9.17, 15) is 10.1 Å². The molecule has 1 aliphatic heterocycles. The molecular weight excluding hydrogens is 144 g/mol. The summed E-state index contributed by atoms with van der Waals surface area (Å²) in [4.78, 5) is 12.0. The third-order valence-electron chi connectivity index (χ3n) is 2.32. The maximum absolute atomic E-state index is 10.0. The van der Waals surface area contributed by atoms with Crippen molar-refractivity contribution in [2.24, 2.45) is 0 Å². The smallest absolute Gasteiger partial charge is 0.205 e. The number of hydrogen-bond acceptors (Lipinski definition) is 3. The summed E-state index contributed by atoms with van der Waals surface area (Å²) < 4.78 is 0. The molecule has 0 N–H and O–H groups in total. The molecule has 1 unspecified atom stereocenters. The molecule has 1 aliphatic rings. The Bertz CT molecular complexity index is 149. The van der Waals surface area contributed by atoms with Gasteiger partial charge in [-0.3, -0.25) is 10.1 Å². The maximum Gasteiger partial charge on any atom is 0.205 e. The second kappa shape index (κ2) is 3.67. The van der Waals surface area contributed by atoms with Gasteiger partial charge in [-0.1, -0.05) is 0 Å². The molecule has 1 fully saturated rings. The molecule has 0 spiro atoms. The van der Waals surface area contributed by atoms with Gasteiger partial charge in [0.15, 0.2) is 0 Å². The van der Waals surface area contributed by atoms with Crippen LogP contribution in [0.15, 0.2) is 0 Å². The summed E-state index contributed by atoms with van der Waals surface area (Å²) in [5.41, 5.74) is 0. The average molecular weight is 158 g/mol. The molecule has 0 aromatic heterocycles. The van der Waals surface area contributed by atoms with Crippen LogP contribution in [-0.2, 0) is 0 Å².